The van der Waals surface area contributed by atoms with E-state index in [1.54, 1.807) is 6.08 Å². The van der Waals surface area contributed by atoms with Crippen LogP contribution in [0.1, 0.15) is 37.8 Å². The van der Waals surface area contributed by atoms with Crippen LogP contribution in [0.2, 0.25) is 0 Å². The van der Waals surface area contributed by atoms with Crippen LogP contribution in [0.3, 0.4) is 0 Å². The summed E-state index contributed by atoms with van der Waals surface area (Å²) in [5.41, 5.74) is -2.45. The van der Waals surface area contributed by atoms with Crippen molar-refractivity contribution in [3.8, 4) is 0 Å². The van der Waals surface area contributed by atoms with Crippen molar-refractivity contribution >= 4 is 11.6 Å². The maximum Gasteiger partial charge on any atom is 0.416 e. The van der Waals surface area contributed by atoms with Gasteiger partial charge in [-0.05, 0) is 43.9 Å². The van der Waals surface area contributed by atoms with Crippen molar-refractivity contribution in [3.05, 3.63) is 41.0 Å². The zero-order valence-electron chi connectivity index (χ0n) is 13.6. The fourth-order valence-electron chi connectivity index (χ4n) is 2.69. The van der Waals surface area contributed by atoms with Crippen LogP contribution in [-0.2, 0) is 17.1 Å². The highest BCUT2D eigenvalue weighted by molar-refractivity contribution is 5.94. The van der Waals surface area contributed by atoms with Gasteiger partial charge >= 0.3 is 12.4 Å². The SMILES string of the molecule is CC1=CC(C(=O)Nc2cc(C(F)(F)F)cc(C(F)(F)F)c2)CCC1C. The Morgan fingerprint density at radius 2 is 1.52 bits per heavy atom. The first-order valence-corrected chi connectivity index (χ1v) is 7.66. The van der Waals surface area contributed by atoms with Crippen molar-refractivity contribution < 1.29 is 31.1 Å². The summed E-state index contributed by atoms with van der Waals surface area (Å²) in [6.07, 6.45) is -6.96. The van der Waals surface area contributed by atoms with E-state index < -0.39 is 41.0 Å². The fraction of sp³-hybridized carbons (Fsp3) is 0.471. The highest BCUT2D eigenvalue weighted by Crippen LogP contribution is 2.38. The van der Waals surface area contributed by atoms with Gasteiger partial charge in [0.25, 0.3) is 0 Å². The highest BCUT2D eigenvalue weighted by atomic mass is 19.4. The van der Waals surface area contributed by atoms with E-state index >= 15 is 0 Å². The monoisotopic (exact) mass is 365 g/mol. The molecular weight excluding hydrogens is 348 g/mol. The van der Waals surface area contributed by atoms with E-state index in [1.807, 2.05) is 13.8 Å². The Labute approximate surface area is 140 Å². The number of anilines is 1. The van der Waals surface area contributed by atoms with Crippen molar-refractivity contribution in [1.82, 2.24) is 0 Å². The summed E-state index contributed by atoms with van der Waals surface area (Å²) in [4.78, 5) is 12.2. The second-order valence-corrected chi connectivity index (χ2v) is 6.28. The van der Waals surface area contributed by atoms with Crippen molar-refractivity contribution in [2.45, 2.75) is 39.0 Å². The largest absolute Gasteiger partial charge is 0.416 e. The molecule has 1 aromatic rings. The second-order valence-electron chi connectivity index (χ2n) is 6.28. The number of carbonyl (C=O) groups is 1. The quantitative estimate of drug-likeness (QED) is 0.532. The van der Waals surface area contributed by atoms with Crippen LogP contribution in [-0.4, -0.2) is 5.91 Å². The number of hydrogen-bond donors (Lipinski definition) is 1. The van der Waals surface area contributed by atoms with Gasteiger partial charge in [0.2, 0.25) is 5.91 Å². The fourth-order valence-corrected chi connectivity index (χ4v) is 2.69. The zero-order valence-corrected chi connectivity index (χ0v) is 13.6. The molecule has 1 aliphatic rings. The first-order chi connectivity index (χ1) is 11.4. The molecule has 0 bridgehead atoms. The van der Waals surface area contributed by atoms with E-state index in [4.69, 9.17) is 0 Å². The molecule has 0 radical (unpaired) electrons. The minimum atomic E-state index is -4.95. The number of nitrogens with one attached hydrogen (secondary N) is 1. The molecule has 1 aromatic carbocycles. The number of halogens is 6. The van der Waals surface area contributed by atoms with Crippen molar-refractivity contribution in [2.75, 3.05) is 5.32 Å². The molecule has 1 N–H and O–H groups in total. The topological polar surface area (TPSA) is 29.1 Å². The molecule has 8 heteroatoms. The van der Waals surface area contributed by atoms with Crippen LogP contribution in [0.25, 0.3) is 0 Å². The van der Waals surface area contributed by atoms with Gasteiger partial charge in [-0.1, -0.05) is 18.6 Å². The molecular formula is C17H17F6NO. The molecule has 0 aromatic heterocycles. The summed E-state index contributed by atoms with van der Waals surface area (Å²) in [7, 11) is 0. The van der Waals surface area contributed by atoms with Gasteiger partial charge < -0.3 is 5.32 Å². The van der Waals surface area contributed by atoms with E-state index in [0.29, 0.717) is 24.5 Å². The number of allylic oxidation sites excluding steroid dienone is 1. The van der Waals surface area contributed by atoms with Crippen LogP contribution in [0, 0.1) is 11.8 Å². The number of alkyl halides is 6. The Bertz CT molecular complexity index is 657. The van der Waals surface area contributed by atoms with E-state index in [9.17, 15) is 31.1 Å². The molecule has 2 nitrogen and oxygen atoms in total. The van der Waals surface area contributed by atoms with Gasteiger partial charge in [-0.3, -0.25) is 4.79 Å². The van der Waals surface area contributed by atoms with Crippen LogP contribution in [0.5, 0.6) is 0 Å². The van der Waals surface area contributed by atoms with Crippen molar-refractivity contribution in [1.29, 1.82) is 0 Å². The average Bonchev–Trinajstić information content (AvgIpc) is 2.48. The van der Waals surface area contributed by atoms with Crippen LogP contribution < -0.4 is 5.32 Å². The molecule has 0 aliphatic heterocycles. The molecule has 1 aliphatic carbocycles. The molecule has 0 heterocycles. The molecule has 2 unspecified atom stereocenters. The second kappa shape index (κ2) is 6.72. The Morgan fingerprint density at radius 3 is 1.96 bits per heavy atom. The lowest BCUT2D eigenvalue weighted by molar-refractivity contribution is -0.143. The number of rotatable bonds is 2. The van der Waals surface area contributed by atoms with Gasteiger partial charge in [0.15, 0.2) is 0 Å². The smallest absolute Gasteiger partial charge is 0.326 e. The third-order valence-corrected chi connectivity index (χ3v) is 4.34. The van der Waals surface area contributed by atoms with Gasteiger partial charge in [-0.2, -0.15) is 26.3 Å². The maximum atomic E-state index is 12.8. The summed E-state index contributed by atoms with van der Waals surface area (Å²) < 4.78 is 77.0. The lowest BCUT2D eigenvalue weighted by Gasteiger charge is -2.24. The molecule has 2 rings (SSSR count). The van der Waals surface area contributed by atoms with E-state index in [2.05, 4.69) is 5.32 Å². The normalized spacial score (nSPS) is 21.7. The van der Waals surface area contributed by atoms with Gasteiger partial charge in [0.1, 0.15) is 0 Å². The Balaban J connectivity index is 2.31. The Kier molecular flexibility index (Phi) is 5.20. The summed E-state index contributed by atoms with van der Waals surface area (Å²) in [6.45, 7) is 3.83. The lowest BCUT2D eigenvalue weighted by atomic mass is 9.84. The van der Waals surface area contributed by atoms with Gasteiger partial charge in [0, 0.05) is 5.69 Å². The summed E-state index contributed by atoms with van der Waals surface area (Å²) in [6, 6.07) is 1.05. The first-order valence-electron chi connectivity index (χ1n) is 7.66. The highest BCUT2D eigenvalue weighted by Gasteiger charge is 2.37. The maximum absolute atomic E-state index is 12.8. The molecule has 0 saturated heterocycles. The third-order valence-electron chi connectivity index (χ3n) is 4.34. The van der Waals surface area contributed by atoms with Crippen molar-refractivity contribution in [3.63, 3.8) is 0 Å². The number of amides is 1. The Hall–Kier alpha value is -1.99. The first kappa shape index (κ1) is 19.3. The van der Waals surface area contributed by atoms with Crippen molar-refractivity contribution in [2.24, 2.45) is 11.8 Å². The average molecular weight is 365 g/mol. The number of hydrogen-bond acceptors (Lipinski definition) is 1. The molecule has 0 spiro atoms. The predicted octanol–water partition coefficient (Wildman–Crippen LogP) is 5.66. The summed E-state index contributed by atoms with van der Waals surface area (Å²) in [5, 5.41) is 2.19. The molecule has 0 fully saturated rings. The van der Waals surface area contributed by atoms with Crippen LogP contribution >= 0.6 is 0 Å². The van der Waals surface area contributed by atoms with E-state index in [1.165, 1.54) is 0 Å². The molecule has 25 heavy (non-hydrogen) atoms. The molecule has 1 amide bonds. The van der Waals surface area contributed by atoms with Gasteiger partial charge in [0.05, 0.1) is 17.0 Å². The lowest BCUT2D eigenvalue weighted by Crippen LogP contribution is -2.25. The van der Waals surface area contributed by atoms with Crippen LogP contribution in [0.15, 0.2) is 29.8 Å². The van der Waals surface area contributed by atoms with E-state index in [0.717, 1.165) is 12.0 Å². The number of carbonyl (C=O) groups excluding carboxylic acids is 1. The molecule has 2 atom stereocenters. The molecule has 0 saturated carbocycles. The number of benzene rings is 1. The molecule has 138 valence electrons. The standard InChI is InChI=1S/C17H17F6NO/c1-9-3-4-11(5-10(9)2)15(25)24-14-7-12(16(18,19)20)6-13(8-14)17(21,22)23/h5-9,11H,3-4H2,1-2H3,(H,24,25). The summed E-state index contributed by atoms with van der Waals surface area (Å²) in [5.74, 6) is -0.881. The van der Waals surface area contributed by atoms with Gasteiger partial charge in [-0.25, -0.2) is 0 Å². The Morgan fingerprint density at radius 1 is 1.00 bits per heavy atom. The summed E-state index contributed by atoms with van der Waals surface area (Å²) >= 11 is 0. The van der Waals surface area contributed by atoms with Gasteiger partial charge in [-0.15, -0.1) is 0 Å². The minimum absolute atomic E-state index is 0.0298. The predicted molar refractivity (Wildman–Crippen MR) is 80.7 cm³/mol. The third kappa shape index (κ3) is 4.76. The minimum Gasteiger partial charge on any atom is -0.326 e. The van der Waals surface area contributed by atoms with E-state index in [-0.39, 0.29) is 6.07 Å². The zero-order chi connectivity index (χ0) is 19.0. The van der Waals surface area contributed by atoms with Crippen LogP contribution in [0.4, 0.5) is 32.0 Å².